The first-order chi connectivity index (χ1) is 15.4. The van der Waals surface area contributed by atoms with Gasteiger partial charge in [-0.25, -0.2) is 8.42 Å². The van der Waals surface area contributed by atoms with Crippen molar-refractivity contribution in [2.45, 2.75) is 42.6 Å². The highest BCUT2D eigenvalue weighted by molar-refractivity contribution is 7.98. The van der Waals surface area contributed by atoms with Crippen LogP contribution in [0.2, 0.25) is 0 Å². The zero-order chi connectivity index (χ0) is 23.1. The van der Waals surface area contributed by atoms with Crippen molar-refractivity contribution in [3.63, 3.8) is 0 Å². The minimum atomic E-state index is -3.58. The van der Waals surface area contributed by atoms with Crippen molar-refractivity contribution < 1.29 is 13.2 Å². The monoisotopic (exact) mass is 475 g/mol. The summed E-state index contributed by atoms with van der Waals surface area (Å²) in [6.07, 6.45) is 1.77. The standard InChI is InChI=1S/C22H29N5O3S2/c1-5-26(6-2)32(28,29)20-12-9-10-18(14-20)21-24-25-22(27(21)17(3)15-30-4)31-16-19-11-7-8-13-23-19/h7-14,17H,5-6,15-16H2,1-4H3. The lowest BCUT2D eigenvalue weighted by Crippen LogP contribution is -2.30. The van der Waals surface area contributed by atoms with Crippen molar-refractivity contribution >= 4 is 21.8 Å². The molecule has 0 saturated heterocycles. The van der Waals surface area contributed by atoms with Crippen LogP contribution >= 0.6 is 11.8 Å². The highest BCUT2D eigenvalue weighted by Gasteiger charge is 2.24. The van der Waals surface area contributed by atoms with Crippen LogP contribution < -0.4 is 0 Å². The first kappa shape index (κ1) is 24.4. The zero-order valence-corrected chi connectivity index (χ0v) is 20.4. The van der Waals surface area contributed by atoms with Crippen molar-refractivity contribution in [3.05, 3.63) is 54.4 Å². The van der Waals surface area contributed by atoms with Gasteiger partial charge in [0, 0.05) is 37.7 Å². The quantitative estimate of drug-likeness (QED) is 0.389. The fourth-order valence-corrected chi connectivity index (χ4v) is 5.87. The summed E-state index contributed by atoms with van der Waals surface area (Å²) in [6.45, 7) is 6.99. The molecule has 8 nitrogen and oxygen atoms in total. The number of ether oxygens (including phenoxy) is 1. The fourth-order valence-electron chi connectivity index (χ4n) is 3.42. The number of pyridine rings is 1. The summed E-state index contributed by atoms with van der Waals surface area (Å²) < 4.78 is 34.8. The highest BCUT2D eigenvalue weighted by atomic mass is 32.2. The molecule has 2 aromatic heterocycles. The van der Waals surface area contributed by atoms with E-state index in [1.165, 1.54) is 16.1 Å². The molecule has 0 fully saturated rings. The number of hydrogen-bond donors (Lipinski definition) is 0. The molecule has 3 aromatic rings. The van der Waals surface area contributed by atoms with Gasteiger partial charge in [-0.1, -0.05) is 43.8 Å². The average molecular weight is 476 g/mol. The normalized spacial score (nSPS) is 12.9. The number of benzene rings is 1. The third kappa shape index (κ3) is 5.37. The molecule has 1 unspecified atom stereocenters. The number of thioether (sulfide) groups is 1. The van der Waals surface area contributed by atoms with E-state index >= 15 is 0 Å². The van der Waals surface area contributed by atoms with Gasteiger partial charge in [-0.15, -0.1) is 10.2 Å². The molecule has 1 atom stereocenters. The Balaban J connectivity index is 1.99. The Kier molecular flexibility index (Phi) is 8.41. The van der Waals surface area contributed by atoms with Crippen LogP contribution in [0, 0.1) is 0 Å². The van der Waals surface area contributed by atoms with Crippen LogP contribution in [-0.2, 0) is 20.5 Å². The molecule has 172 valence electrons. The molecule has 0 bridgehead atoms. The number of sulfonamides is 1. The van der Waals surface area contributed by atoms with Gasteiger partial charge in [0.1, 0.15) is 0 Å². The largest absolute Gasteiger partial charge is 0.383 e. The minimum Gasteiger partial charge on any atom is -0.383 e. The third-order valence-corrected chi connectivity index (χ3v) is 8.05. The first-order valence-electron chi connectivity index (χ1n) is 10.5. The van der Waals surface area contributed by atoms with Crippen LogP contribution in [0.25, 0.3) is 11.4 Å². The summed E-state index contributed by atoms with van der Waals surface area (Å²) in [5, 5.41) is 9.55. The van der Waals surface area contributed by atoms with Crippen molar-refractivity contribution in [3.8, 4) is 11.4 Å². The van der Waals surface area contributed by atoms with Crippen LogP contribution in [0.5, 0.6) is 0 Å². The summed E-state index contributed by atoms with van der Waals surface area (Å²) in [5.41, 5.74) is 1.64. The lowest BCUT2D eigenvalue weighted by molar-refractivity contribution is 0.159. The third-order valence-electron chi connectivity index (χ3n) is 5.02. The molecule has 0 amide bonds. The van der Waals surface area contributed by atoms with Gasteiger partial charge in [0.05, 0.1) is 23.2 Å². The van der Waals surface area contributed by atoms with Crippen LogP contribution in [0.15, 0.2) is 58.7 Å². The number of nitrogens with zero attached hydrogens (tertiary/aromatic N) is 5. The van der Waals surface area contributed by atoms with E-state index in [0.29, 0.717) is 36.8 Å². The smallest absolute Gasteiger partial charge is 0.243 e. The molecule has 2 heterocycles. The Morgan fingerprint density at radius 2 is 1.91 bits per heavy atom. The first-order valence-corrected chi connectivity index (χ1v) is 12.9. The molecule has 0 aliphatic carbocycles. The van der Waals surface area contributed by atoms with Gasteiger partial charge >= 0.3 is 0 Å². The van der Waals surface area contributed by atoms with Gasteiger partial charge in [0.2, 0.25) is 10.0 Å². The SMILES string of the molecule is CCN(CC)S(=O)(=O)c1cccc(-c2nnc(SCc3ccccn3)n2C(C)COC)c1. The minimum absolute atomic E-state index is 0.0423. The van der Waals surface area contributed by atoms with Crippen molar-refractivity contribution in [1.82, 2.24) is 24.1 Å². The second-order valence-corrected chi connectivity index (χ2v) is 10.1. The summed E-state index contributed by atoms with van der Waals surface area (Å²) in [4.78, 5) is 4.61. The van der Waals surface area contributed by atoms with E-state index in [0.717, 1.165) is 10.9 Å². The maximum absolute atomic E-state index is 13.0. The molecule has 0 saturated carbocycles. The Bertz CT molecular complexity index is 1120. The molecule has 1 aromatic carbocycles. The Morgan fingerprint density at radius 3 is 2.56 bits per heavy atom. The van der Waals surface area contributed by atoms with E-state index in [2.05, 4.69) is 15.2 Å². The Morgan fingerprint density at radius 1 is 1.12 bits per heavy atom. The molecule has 10 heteroatoms. The molecule has 0 aliphatic heterocycles. The summed E-state index contributed by atoms with van der Waals surface area (Å²) in [7, 11) is -1.93. The molecule has 0 aliphatic rings. The lowest BCUT2D eigenvalue weighted by Gasteiger charge is -2.20. The van der Waals surface area contributed by atoms with Gasteiger partial charge in [-0.05, 0) is 31.2 Å². The molecule has 0 radical (unpaired) electrons. The van der Waals surface area contributed by atoms with Crippen LogP contribution in [-0.4, -0.2) is 59.3 Å². The number of hydrogen-bond acceptors (Lipinski definition) is 7. The predicted octanol–water partition coefficient (Wildman–Crippen LogP) is 3.87. The van der Waals surface area contributed by atoms with E-state index in [9.17, 15) is 8.42 Å². The second kappa shape index (κ2) is 11.0. The number of aromatic nitrogens is 4. The topological polar surface area (TPSA) is 90.2 Å². The van der Waals surface area contributed by atoms with Crippen LogP contribution in [0.1, 0.15) is 32.5 Å². The molecule has 32 heavy (non-hydrogen) atoms. The molecular weight excluding hydrogens is 446 g/mol. The average Bonchev–Trinajstić information content (AvgIpc) is 3.23. The Hall–Kier alpha value is -2.27. The summed E-state index contributed by atoms with van der Waals surface area (Å²) >= 11 is 1.54. The van der Waals surface area contributed by atoms with E-state index in [1.54, 1.807) is 31.5 Å². The van der Waals surface area contributed by atoms with Crippen molar-refractivity contribution in [2.75, 3.05) is 26.8 Å². The lowest BCUT2D eigenvalue weighted by atomic mass is 10.2. The van der Waals surface area contributed by atoms with Gasteiger partial charge in [-0.2, -0.15) is 4.31 Å². The fraction of sp³-hybridized carbons (Fsp3) is 0.409. The van der Waals surface area contributed by atoms with Crippen molar-refractivity contribution in [1.29, 1.82) is 0 Å². The van der Waals surface area contributed by atoms with E-state index in [1.807, 2.05) is 49.6 Å². The Labute approximate surface area is 194 Å². The maximum atomic E-state index is 13.0. The van der Waals surface area contributed by atoms with Gasteiger partial charge < -0.3 is 4.74 Å². The van der Waals surface area contributed by atoms with Gasteiger partial charge in [0.25, 0.3) is 0 Å². The van der Waals surface area contributed by atoms with Gasteiger partial charge in [-0.3, -0.25) is 9.55 Å². The number of rotatable bonds is 11. The molecule has 3 rings (SSSR count). The van der Waals surface area contributed by atoms with Crippen molar-refractivity contribution in [2.24, 2.45) is 0 Å². The zero-order valence-electron chi connectivity index (χ0n) is 18.8. The maximum Gasteiger partial charge on any atom is 0.243 e. The molecule has 0 spiro atoms. The van der Waals surface area contributed by atoms with Crippen LogP contribution in [0.3, 0.4) is 0 Å². The summed E-state index contributed by atoms with van der Waals surface area (Å²) in [5.74, 6) is 1.25. The van der Waals surface area contributed by atoms with E-state index in [4.69, 9.17) is 4.74 Å². The highest BCUT2D eigenvalue weighted by Crippen LogP contribution is 2.31. The van der Waals surface area contributed by atoms with E-state index in [-0.39, 0.29) is 10.9 Å². The molecule has 0 N–H and O–H groups in total. The predicted molar refractivity (Wildman–Crippen MR) is 126 cm³/mol. The van der Waals surface area contributed by atoms with Gasteiger partial charge in [0.15, 0.2) is 11.0 Å². The second-order valence-electron chi connectivity index (χ2n) is 7.21. The van der Waals surface area contributed by atoms with E-state index < -0.39 is 10.0 Å². The number of methoxy groups -OCH3 is 1. The summed E-state index contributed by atoms with van der Waals surface area (Å²) in [6, 6.07) is 12.6. The molecular formula is C22H29N5O3S2. The van der Waals surface area contributed by atoms with Crippen LogP contribution in [0.4, 0.5) is 0 Å².